The lowest BCUT2D eigenvalue weighted by atomic mass is 10.1. The number of rotatable bonds is 4. The van der Waals surface area contributed by atoms with Gasteiger partial charge in [-0.25, -0.2) is 0 Å². The van der Waals surface area contributed by atoms with Gasteiger partial charge in [0.2, 0.25) is 0 Å². The van der Waals surface area contributed by atoms with Gasteiger partial charge in [0, 0.05) is 4.88 Å². The molecule has 3 heteroatoms. The molecule has 1 aromatic heterocycles. The first-order valence-electron chi connectivity index (χ1n) is 5.25. The van der Waals surface area contributed by atoms with Crippen LogP contribution in [0.1, 0.15) is 23.5 Å². The second-order valence-corrected chi connectivity index (χ2v) is 4.40. The number of thiophene rings is 1. The maximum Gasteiger partial charge on any atom is 0.119 e. The van der Waals surface area contributed by atoms with Crippen molar-refractivity contribution in [3.05, 3.63) is 52.2 Å². The van der Waals surface area contributed by atoms with Crippen LogP contribution in [0.2, 0.25) is 0 Å². The van der Waals surface area contributed by atoms with Crippen LogP contribution in [-0.4, -0.2) is 11.7 Å². The van der Waals surface area contributed by atoms with Crippen LogP contribution in [0.25, 0.3) is 0 Å². The maximum absolute atomic E-state index is 10.1. The normalized spacial score (nSPS) is 12.4. The topological polar surface area (TPSA) is 29.5 Å². The third-order valence-corrected chi connectivity index (χ3v) is 3.22. The summed E-state index contributed by atoms with van der Waals surface area (Å²) in [5, 5.41) is 12.1. The highest BCUT2D eigenvalue weighted by molar-refractivity contribution is 7.10. The molecule has 2 nitrogen and oxygen atoms in total. The van der Waals surface area contributed by atoms with Crippen LogP contribution in [0.15, 0.2) is 41.8 Å². The summed E-state index contributed by atoms with van der Waals surface area (Å²) in [6.45, 7) is 2.58. The summed E-state index contributed by atoms with van der Waals surface area (Å²) in [7, 11) is 0. The average molecular weight is 234 g/mol. The molecule has 1 aromatic carbocycles. The number of benzene rings is 1. The van der Waals surface area contributed by atoms with Gasteiger partial charge in [0.15, 0.2) is 0 Å². The molecule has 0 aliphatic carbocycles. The quantitative estimate of drug-likeness (QED) is 0.880. The lowest BCUT2D eigenvalue weighted by Gasteiger charge is -2.10. The lowest BCUT2D eigenvalue weighted by Crippen LogP contribution is -1.98. The highest BCUT2D eigenvalue weighted by Crippen LogP contribution is 2.27. The lowest BCUT2D eigenvalue weighted by molar-refractivity contribution is 0.223. The smallest absolute Gasteiger partial charge is 0.119 e. The first kappa shape index (κ1) is 11.2. The monoisotopic (exact) mass is 234 g/mol. The van der Waals surface area contributed by atoms with Gasteiger partial charge in [-0.05, 0) is 36.1 Å². The molecule has 1 atom stereocenters. The highest BCUT2D eigenvalue weighted by atomic mass is 32.1. The third kappa shape index (κ3) is 2.43. The highest BCUT2D eigenvalue weighted by Gasteiger charge is 2.11. The van der Waals surface area contributed by atoms with Crippen LogP contribution in [0.4, 0.5) is 0 Å². The number of aliphatic hydroxyl groups excluding tert-OH is 1. The van der Waals surface area contributed by atoms with Gasteiger partial charge in [-0.3, -0.25) is 0 Å². The largest absolute Gasteiger partial charge is 0.494 e. The minimum atomic E-state index is -0.555. The van der Waals surface area contributed by atoms with Crippen molar-refractivity contribution in [1.82, 2.24) is 0 Å². The van der Waals surface area contributed by atoms with E-state index in [2.05, 4.69) is 0 Å². The standard InChI is InChI=1S/C13H14O2S/c1-2-15-11-6-3-5-10(9-11)13(14)12-7-4-8-16-12/h3-9,13-14H,2H2,1H3. The van der Waals surface area contributed by atoms with E-state index in [1.165, 1.54) is 0 Å². The van der Waals surface area contributed by atoms with Gasteiger partial charge in [-0.15, -0.1) is 11.3 Å². The second kappa shape index (κ2) is 5.14. The Morgan fingerprint density at radius 2 is 2.19 bits per heavy atom. The van der Waals surface area contributed by atoms with E-state index >= 15 is 0 Å². The van der Waals surface area contributed by atoms with Crippen molar-refractivity contribution in [1.29, 1.82) is 0 Å². The summed E-state index contributed by atoms with van der Waals surface area (Å²) < 4.78 is 5.41. The summed E-state index contributed by atoms with van der Waals surface area (Å²) in [6.07, 6.45) is -0.555. The van der Waals surface area contributed by atoms with Crippen LogP contribution in [0, 0.1) is 0 Å². The Kier molecular flexibility index (Phi) is 3.59. The molecule has 0 saturated heterocycles. The molecule has 0 fully saturated rings. The Bertz CT molecular complexity index is 437. The van der Waals surface area contributed by atoms with Crippen LogP contribution < -0.4 is 4.74 Å². The van der Waals surface area contributed by atoms with Gasteiger partial charge in [-0.2, -0.15) is 0 Å². The van der Waals surface area contributed by atoms with E-state index in [9.17, 15) is 5.11 Å². The SMILES string of the molecule is CCOc1cccc(C(O)c2cccs2)c1. The minimum absolute atomic E-state index is 0.555. The van der Waals surface area contributed by atoms with Crippen molar-refractivity contribution in [2.45, 2.75) is 13.0 Å². The third-order valence-electron chi connectivity index (χ3n) is 2.30. The van der Waals surface area contributed by atoms with Crippen molar-refractivity contribution in [3.8, 4) is 5.75 Å². The van der Waals surface area contributed by atoms with E-state index in [1.807, 2.05) is 48.7 Å². The fourth-order valence-electron chi connectivity index (χ4n) is 1.55. The summed E-state index contributed by atoms with van der Waals surface area (Å²) in [6, 6.07) is 11.5. The Hall–Kier alpha value is -1.32. The molecule has 0 amide bonds. The van der Waals surface area contributed by atoms with Crippen molar-refractivity contribution in [2.24, 2.45) is 0 Å². The van der Waals surface area contributed by atoms with E-state index in [0.717, 1.165) is 16.2 Å². The summed E-state index contributed by atoms with van der Waals surface area (Å²) >= 11 is 1.55. The van der Waals surface area contributed by atoms with Gasteiger partial charge < -0.3 is 9.84 Å². The predicted molar refractivity (Wildman–Crippen MR) is 66.0 cm³/mol. The van der Waals surface area contributed by atoms with Gasteiger partial charge in [0.1, 0.15) is 11.9 Å². The van der Waals surface area contributed by atoms with E-state index < -0.39 is 6.10 Å². The Balaban J connectivity index is 2.23. The zero-order valence-corrected chi connectivity index (χ0v) is 9.91. The second-order valence-electron chi connectivity index (χ2n) is 3.42. The molecule has 2 aromatic rings. The van der Waals surface area contributed by atoms with Crippen molar-refractivity contribution >= 4 is 11.3 Å². The number of aliphatic hydroxyl groups is 1. The molecule has 16 heavy (non-hydrogen) atoms. The first-order chi connectivity index (χ1) is 7.81. The molecule has 1 N–H and O–H groups in total. The molecular formula is C13H14O2S. The van der Waals surface area contributed by atoms with Crippen molar-refractivity contribution in [2.75, 3.05) is 6.61 Å². The molecule has 1 heterocycles. The summed E-state index contributed by atoms with van der Waals surface area (Å²) in [5.74, 6) is 0.801. The van der Waals surface area contributed by atoms with Crippen LogP contribution >= 0.6 is 11.3 Å². The van der Waals surface area contributed by atoms with Crippen LogP contribution in [0.3, 0.4) is 0 Å². The zero-order chi connectivity index (χ0) is 11.4. The number of hydrogen-bond acceptors (Lipinski definition) is 3. The minimum Gasteiger partial charge on any atom is -0.494 e. The predicted octanol–water partition coefficient (Wildman–Crippen LogP) is 3.23. The van der Waals surface area contributed by atoms with Gasteiger partial charge in [-0.1, -0.05) is 18.2 Å². The molecule has 0 bridgehead atoms. The summed E-state index contributed by atoms with van der Waals surface area (Å²) in [4.78, 5) is 0.952. The molecule has 0 aliphatic rings. The Morgan fingerprint density at radius 1 is 1.31 bits per heavy atom. The Labute approximate surface area is 99.1 Å². The Morgan fingerprint density at radius 3 is 2.88 bits per heavy atom. The summed E-state index contributed by atoms with van der Waals surface area (Å²) in [5.41, 5.74) is 0.869. The fraction of sp³-hybridized carbons (Fsp3) is 0.231. The molecule has 1 unspecified atom stereocenters. The zero-order valence-electron chi connectivity index (χ0n) is 9.09. The van der Waals surface area contributed by atoms with E-state index in [-0.39, 0.29) is 0 Å². The number of ether oxygens (including phenoxy) is 1. The molecule has 84 valence electrons. The fourth-order valence-corrected chi connectivity index (χ4v) is 2.29. The van der Waals surface area contributed by atoms with Crippen molar-refractivity contribution in [3.63, 3.8) is 0 Å². The molecular weight excluding hydrogens is 220 g/mol. The van der Waals surface area contributed by atoms with Crippen molar-refractivity contribution < 1.29 is 9.84 Å². The van der Waals surface area contributed by atoms with Crippen LogP contribution in [0.5, 0.6) is 5.75 Å². The van der Waals surface area contributed by atoms with Crippen LogP contribution in [-0.2, 0) is 0 Å². The first-order valence-corrected chi connectivity index (χ1v) is 6.13. The molecule has 0 aliphatic heterocycles. The molecule has 0 spiro atoms. The number of hydrogen-bond donors (Lipinski definition) is 1. The van der Waals surface area contributed by atoms with Gasteiger partial charge in [0.25, 0.3) is 0 Å². The molecule has 0 saturated carbocycles. The molecule has 2 rings (SSSR count). The van der Waals surface area contributed by atoms with E-state index in [1.54, 1.807) is 11.3 Å². The van der Waals surface area contributed by atoms with Gasteiger partial charge in [0.05, 0.1) is 6.61 Å². The van der Waals surface area contributed by atoms with Gasteiger partial charge >= 0.3 is 0 Å². The molecule has 0 radical (unpaired) electrons. The maximum atomic E-state index is 10.1. The van der Waals surface area contributed by atoms with E-state index in [0.29, 0.717) is 6.61 Å². The van der Waals surface area contributed by atoms with E-state index in [4.69, 9.17) is 4.74 Å². The average Bonchev–Trinajstić information content (AvgIpc) is 2.82.